The van der Waals surface area contributed by atoms with E-state index in [1.165, 1.54) is 0 Å². The second-order valence-corrected chi connectivity index (χ2v) is 7.32. The predicted molar refractivity (Wildman–Crippen MR) is 108 cm³/mol. The summed E-state index contributed by atoms with van der Waals surface area (Å²) < 4.78 is 5.92. The lowest BCUT2D eigenvalue weighted by atomic mass is 10.0. The molecule has 0 radical (unpaired) electrons. The molecule has 1 fully saturated rings. The van der Waals surface area contributed by atoms with E-state index in [2.05, 4.69) is 5.32 Å². The standard InChI is InChI=1S/C20H29N3O3.ClH/c1-3-15(4-2)22-19(24)18-12-23(16-7-5-6-8-17(16)26-18)20(25)13-9-10-14(21)11-13;/h5-8,13-15,18H,3-4,9-12,21H2,1-2H3,(H,22,24);1H. The van der Waals surface area contributed by atoms with Crippen LogP contribution in [0.2, 0.25) is 0 Å². The van der Waals surface area contributed by atoms with Crippen LogP contribution in [0, 0.1) is 5.92 Å². The molecule has 2 amide bonds. The Morgan fingerprint density at radius 1 is 1.26 bits per heavy atom. The second kappa shape index (κ2) is 9.42. The zero-order valence-electron chi connectivity index (χ0n) is 16.0. The number of nitrogens with two attached hydrogens (primary N) is 1. The SMILES string of the molecule is CCC(CC)NC(=O)C1CN(C(=O)C2CCC(N)C2)c2ccccc2O1.Cl. The molecule has 1 aromatic rings. The monoisotopic (exact) mass is 395 g/mol. The van der Waals surface area contributed by atoms with Gasteiger partial charge in [0.15, 0.2) is 6.10 Å². The predicted octanol–water partition coefficient (Wildman–Crippen LogP) is 2.63. The van der Waals surface area contributed by atoms with E-state index >= 15 is 0 Å². The number of fused-ring (bicyclic) bond motifs is 1. The lowest BCUT2D eigenvalue weighted by Gasteiger charge is -2.36. The molecule has 3 unspecified atom stereocenters. The van der Waals surface area contributed by atoms with Crippen LogP contribution in [-0.2, 0) is 9.59 Å². The first-order chi connectivity index (χ1) is 12.5. The van der Waals surface area contributed by atoms with Gasteiger partial charge in [-0.3, -0.25) is 9.59 Å². The van der Waals surface area contributed by atoms with E-state index in [1.807, 2.05) is 38.1 Å². The number of carbonyl (C=O) groups is 2. The average Bonchev–Trinajstić information content (AvgIpc) is 3.10. The summed E-state index contributed by atoms with van der Waals surface area (Å²) >= 11 is 0. The van der Waals surface area contributed by atoms with Crippen molar-refractivity contribution in [2.45, 2.75) is 64.1 Å². The van der Waals surface area contributed by atoms with Crippen LogP contribution in [0.3, 0.4) is 0 Å². The van der Waals surface area contributed by atoms with Crippen molar-refractivity contribution in [1.82, 2.24) is 5.32 Å². The lowest BCUT2D eigenvalue weighted by molar-refractivity contribution is -0.129. The molecule has 6 nitrogen and oxygen atoms in total. The second-order valence-electron chi connectivity index (χ2n) is 7.32. The van der Waals surface area contributed by atoms with Crippen LogP contribution in [0.4, 0.5) is 5.69 Å². The molecule has 27 heavy (non-hydrogen) atoms. The Kier molecular flexibility index (Phi) is 7.50. The molecular weight excluding hydrogens is 366 g/mol. The Balaban J connectivity index is 0.00000261. The first kappa shape index (κ1) is 21.5. The topological polar surface area (TPSA) is 84.7 Å². The van der Waals surface area contributed by atoms with Crippen LogP contribution in [0.5, 0.6) is 5.75 Å². The van der Waals surface area contributed by atoms with E-state index in [0.717, 1.165) is 31.4 Å². The molecule has 1 aliphatic carbocycles. The first-order valence-electron chi connectivity index (χ1n) is 9.66. The highest BCUT2D eigenvalue weighted by Crippen LogP contribution is 2.36. The van der Waals surface area contributed by atoms with Gasteiger partial charge in [-0.2, -0.15) is 0 Å². The number of amides is 2. The zero-order chi connectivity index (χ0) is 18.7. The molecule has 1 heterocycles. The molecule has 0 spiro atoms. The highest BCUT2D eigenvalue weighted by Gasteiger charge is 2.38. The van der Waals surface area contributed by atoms with Gasteiger partial charge in [-0.05, 0) is 44.2 Å². The number of hydrogen-bond acceptors (Lipinski definition) is 4. The van der Waals surface area contributed by atoms with Gasteiger partial charge in [0, 0.05) is 18.0 Å². The van der Waals surface area contributed by atoms with Crippen LogP contribution in [-0.4, -0.2) is 36.5 Å². The molecule has 1 aliphatic heterocycles. The van der Waals surface area contributed by atoms with E-state index < -0.39 is 6.10 Å². The maximum Gasteiger partial charge on any atom is 0.263 e. The number of carbonyl (C=O) groups excluding carboxylic acids is 2. The maximum atomic E-state index is 13.1. The minimum absolute atomic E-state index is 0. The van der Waals surface area contributed by atoms with Crippen molar-refractivity contribution in [3.05, 3.63) is 24.3 Å². The number of halogens is 1. The van der Waals surface area contributed by atoms with Gasteiger partial charge in [-0.1, -0.05) is 26.0 Å². The fraction of sp³-hybridized carbons (Fsp3) is 0.600. The lowest BCUT2D eigenvalue weighted by Crippen LogP contribution is -2.53. The summed E-state index contributed by atoms with van der Waals surface area (Å²) in [5, 5.41) is 3.03. The van der Waals surface area contributed by atoms with E-state index in [4.69, 9.17) is 10.5 Å². The summed E-state index contributed by atoms with van der Waals surface area (Å²) in [5.41, 5.74) is 6.73. The third-order valence-electron chi connectivity index (χ3n) is 5.49. The Labute approximate surface area is 167 Å². The quantitative estimate of drug-likeness (QED) is 0.802. The van der Waals surface area contributed by atoms with Crippen molar-refractivity contribution in [1.29, 1.82) is 0 Å². The Hall–Kier alpha value is -1.79. The molecule has 150 valence electrons. The summed E-state index contributed by atoms with van der Waals surface area (Å²) in [6.07, 6.45) is 3.45. The van der Waals surface area contributed by atoms with Crippen LogP contribution in [0.15, 0.2) is 24.3 Å². The van der Waals surface area contributed by atoms with Gasteiger partial charge < -0.3 is 20.7 Å². The van der Waals surface area contributed by atoms with Crippen LogP contribution < -0.4 is 20.7 Å². The van der Waals surface area contributed by atoms with Crippen LogP contribution in [0.1, 0.15) is 46.0 Å². The molecule has 3 N–H and O–H groups in total. The van der Waals surface area contributed by atoms with Crippen molar-refractivity contribution in [3.8, 4) is 5.75 Å². The molecule has 1 saturated carbocycles. The van der Waals surface area contributed by atoms with Crippen LogP contribution in [0.25, 0.3) is 0 Å². The van der Waals surface area contributed by atoms with Gasteiger partial charge in [0.1, 0.15) is 5.75 Å². The van der Waals surface area contributed by atoms with Crippen molar-refractivity contribution in [3.63, 3.8) is 0 Å². The number of ether oxygens (including phenoxy) is 1. The largest absolute Gasteiger partial charge is 0.477 e. The number of para-hydroxylation sites is 2. The summed E-state index contributed by atoms with van der Waals surface area (Å²) in [5.74, 6) is 0.404. The minimum Gasteiger partial charge on any atom is -0.477 e. The molecule has 0 bridgehead atoms. The van der Waals surface area contributed by atoms with E-state index in [9.17, 15) is 9.59 Å². The van der Waals surface area contributed by atoms with Gasteiger partial charge >= 0.3 is 0 Å². The van der Waals surface area contributed by atoms with Crippen molar-refractivity contribution < 1.29 is 14.3 Å². The Morgan fingerprint density at radius 3 is 2.59 bits per heavy atom. The van der Waals surface area contributed by atoms with E-state index in [-0.39, 0.29) is 48.8 Å². The summed E-state index contributed by atoms with van der Waals surface area (Å²) in [6, 6.07) is 7.64. The minimum atomic E-state index is -0.690. The van der Waals surface area contributed by atoms with Crippen molar-refractivity contribution in [2.75, 3.05) is 11.4 Å². The third kappa shape index (κ3) is 4.74. The Morgan fingerprint density at radius 2 is 1.96 bits per heavy atom. The zero-order valence-corrected chi connectivity index (χ0v) is 16.8. The van der Waals surface area contributed by atoms with Crippen LogP contribution >= 0.6 is 12.4 Å². The van der Waals surface area contributed by atoms with E-state index in [1.54, 1.807) is 4.90 Å². The number of benzene rings is 1. The van der Waals surface area contributed by atoms with Crippen molar-refractivity contribution >= 4 is 29.9 Å². The highest BCUT2D eigenvalue weighted by atomic mass is 35.5. The van der Waals surface area contributed by atoms with Gasteiger partial charge in [0.25, 0.3) is 5.91 Å². The van der Waals surface area contributed by atoms with E-state index in [0.29, 0.717) is 12.2 Å². The molecule has 0 saturated heterocycles. The fourth-order valence-electron chi connectivity index (χ4n) is 3.83. The normalized spacial score (nSPS) is 24.0. The van der Waals surface area contributed by atoms with Crippen molar-refractivity contribution in [2.24, 2.45) is 11.7 Å². The molecule has 7 heteroatoms. The number of hydrogen-bond donors (Lipinski definition) is 2. The molecular formula is C20H30ClN3O3. The summed E-state index contributed by atoms with van der Waals surface area (Å²) in [4.78, 5) is 27.5. The smallest absolute Gasteiger partial charge is 0.263 e. The van der Waals surface area contributed by atoms with Gasteiger partial charge in [-0.25, -0.2) is 0 Å². The fourth-order valence-corrected chi connectivity index (χ4v) is 3.83. The Bertz CT molecular complexity index is 666. The molecule has 2 aliphatic rings. The molecule has 3 atom stereocenters. The number of anilines is 1. The summed E-state index contributed by atoms with van der Waals surface area (Å²) in [7, 11) is 0. The summed E-state index contributed by atoms with van der Waals surface area (Å²) in [6.45, 7) is 4.34. The van der Waals surface area contributed by atoms with Gasteiger partial charge in [-0.15, -0.1) is 12.4 Å². The maximum absolute atomic E-state index is 13.1. The molecule has 0 aromatic heterocycles. The average molecular weight is 396 g/mol. The molecule has 3 rings (SSSR count). The first-order valence-corrected chi connectivity index (χ1v) is 9.66. The third-order valence-corrected chi connectivity index (χ3v) is 5.49. The van der Waals surface area contributed by atoms with Gasteiger partial charge in [0.2, 0.25) is 5.91 Å². The number of nitrogens with zero attached hydrogens (tertiary/aromatic N) is 1. The highest BCUT2D eigenvalue weighted by molar-refractivity contribution is 5.98. The number of nitrogens with one attached hydrogen (secondary N) is 1. The molecule has 1 aromatic carbocycles. The number of rotatable bonds is 5. The van der Waals surface area contributed by atoms with Gasteiger partial charge in [0.05, 0.1) is 12.2 Å².